The molecule has 1 N–H and O–H groups in total. The Morgan fingerprint density at radius 1 is 1.06 bits per heavy atom. The van der Waals surface area contributed by atoms with Gasteiger partial charge in [-0.1, -0.05) is 30.2 Å². The molecule has 31 heavy (non-hydrogen) atoms. The van der Waals surface area contributed by atoms with Gasteiger partial charge in [-0.3, -0.25) is 14.6 Å². The van der Waals surface area contributed by atoms with E-state index in [1.54, 1.807) is 29.4 Å². The molecular formula is C25H22ClN3O2. The second-order valence-electron chi connectivity index (χ2n) is 8.19. The number of rotatable bonds is 4. The van der Waals surface area contributed by atoms with Gasteiger partial charge in [0.25, 0.3) is 5.91 Å². The van der Waals surface area contributed by atoms with Crippen molar-refractivity contribution < 1.29 is 9.59 Å². The average molecular weight is 432 g/mol. The van der Waals surface area contributed by atoms with Crippen LogP contribution in [0.25, 0.3) is 0 Å². The highest BCUT2D eigenvalue weighted by atomic mass is 35.5. The third-order valence-electron chi connectivity index (χ3n) is 6.43. The molecule has 0 spiro atoms. The van der Waals surface area contributed by atoms with Crippen molar-refractivity contribution in [3.8, 4) is 0 Å². The van der Waals surface area contributed by atoms with Crippen LogP contribution in [0, 0.1) is 0 Å². The quantitative estimate of drug-likeness (QED) is 0.632. The van der Waals surface area contributed by atoms with E-state index in [1.165, 1.54) is 0 Å². The maximum atomic E-state index is 13.2. The van der Waals surface area contributed by atoms with E-state index < -0.39 is 5.41 Å². The summed E-state index contributed by atoms with van der Waals surface area (Å²) in [6, 6.07) is 16.9. The minimum absolute atomic E-state index is 0.0160. The van der Waals surface area contributed by atoms with E-state index in [1.807, 2.05) is 42.5 Å². The number of anilines is 2. The van der Waals surface area contributed by atoms with Crippen LogP contribution in [0.15, 0.2) is 67.0 Å². The lowest BCUT2D eigenvalue weighted by Gasteiger charge is -2.40. The van der Waals surface area contributed by atoms with Gasteiger partial charge in [0, 0.05) is 35.3 Å². The largest absolute Gasteiger partial charge is 0.325 e. The summed E-state index contributed by atoms with van der Waals surface area (Å²) >= 11 is 6.03. The summed E-state index contributed by atoms with van der Waals surface area (Å²) in [6.07, 6.45) is 6.70. The van der Waals surface area contributed by atoms with E-state index in [0.717, 1.165) is 48.2 Å². The Kier molecular flexibility index (Phi) is 4.98. The summed E-state index contributed by atoms with van der Waals surface area (Å²) in [5.74, 6) is -0.0397. The van der Waals surface area contributed by atoms with Gasteiger partial charge < -0.3 is 10.2 Å². The smallest absolute Gasteiger partial charge is 0.259 e. The van der Waals surface area contributed by atoms with Crippen LogP contribution < -0.4 is 10.2 Å². The zero-order valence-electron chi connectivity index (χ0n) is 17.0. The number of nitrogens with one attached hydrogen (secondary N) is 1. The Morgan fingerprint density at radius 3 is 2.55 bits per heavy atom. The zero-order chi connectivity index (χ0) is 21.4. The summed E-state index contributed by atoms with van der Waals surface area (Å²) in [4.78, 5) is 31.9. The number of hydrogen-bond acceptors (Lipinski definition) is 3. The Hall–Kier alpha value is -3.18. The third-order valence-corrected chi connectivity index (χ3v) is 6.68. The molecule has 2 aliphatic rings. The second kappa shape index (κ2) is 7.82. The molecule has 1 aliphatic carbocycles. The molecular weight excluding hydrogens is 410 g/mol. The molecule has 2 amide bonds. The first-order valence-electron chi connectivity index (χ1n) is 10.5. The second-order valence-corrected chi connectivity index (χ2v) is 8.63. The van der Waals surface area contributed by atoms with Crippen molar-refractivity contribution in [3.05, 3.63) is 88.7 Å². The van der Waals surface area contributed by atoms with E-state index in [-0.39, 0.29) is 11.8 Å². The SMILES string of the molecule is O=C(c1cccnc1)N1CCc2cc(NC(=O)C3(c4ccc(Cl)cc4)CCC3)ccc21. The van der Waals surface area contributed by atoms with Crippen LogP contribution in [0.5, 0.6) is 0 Å². The average Bonchev–Trinajstić information content (AvgIpc) is 3.17. The molecule has 2 aromatic carbocycles. The molecule has 1 aliphatic heterocycles. The minimum atomic E-state index is -0.494. The van der Waals surface area contributed by atoms with Crippen molar-refractivity contribution in [3.63, 3.8) is 0 Å². The number of pyridine rings is 1. The van der Waals surface area contributed by atoms with Gasteiger partial charge in [0.2, 0.25) is 5.91 Å². The molecule has 2 heterocycles. The van der Waals surface area contributed by atoms with Crippen LogP contribution in [0.1, 0.15) is 40.7 Å². The number of fused-ring (bicyclic) bond motifs is 1. The van der Waals surface area contributed by atoms with Crippen molar-refractivity contribution in [2.75, 3.05) is 16.8 Å². The molecule has 3 aromatic rings. The number of nitrogens with zero attached hydrogens (tertiary/aromatic N) is 2. The highest BCUT2D eigenvalue weighted by Gasteiger charge is 2.45. The van der Waals surface area contributed by atoms with Gasteiger partial charge in [0.05, 0.1) is 11.0 Å². The summed E-state index contributed by atoms with van der Waals surface area (Å²) in [6.45, 7) is 0.620. The summed E-state index contributed by atoms with van der Waals surface area (Å²) in [7, 11) is 0. The molecule has 0 bridgehead atoms. The van der Waals surface area contributed by atoms with E-state index in [2.05, 4.69) is 10.3 Å². The standard InChI is InChI=1S/C25H22ClN3O2/c26-20-6-4-19(5-7-20)25(11-2-12-25)24(31)28-21-8-9-22-17(15-21)10-14-29(22)23(30)18-3-1-13-27-16-18/h1,3-9,13,15-16H,2,10-12,14H2,(H,28,31). The lowest BCUT2D eigenvalue weighted by Crippen LogP contribution is -2.46. The Balaban J connectivity index is 1.35. The fourth-order valence-electron chi connectivity index (χ4n) is 4.53. The van der Waals surface area contributed by atoms with Crippen molar-refractivity contribution in [1.82, 2.24) is 4.98 Å². The van der Waals surface area contributed by atoms with Crippen LogP contribution in [0.2, 0.25) is 5.02 Å². The molecule has 6 heteroatoms. The number of carbonyl (C=O) groups is 2. The van der Waals surface area contributed by atoms with Crippen molar-refractivity contribution >= 4 is 34.8 Å². The molecule has 1 fully saturated rings. The lowest BCUT2D eigenvalue weighted by molar-refractivity contribution is -0.124. The molecule has 0 atom stereocenters. The van der Waals surface area contributed by atoms with Crippen molar-refractivity contribution in [2.45, 2.75) is 31.1 Å². The van der Waals surface area contributed by atoms with Crippen molar-refractivity contribution in [2.24, 2.45) is 0 Å². The lowest BCUT2D eigenvalue weighted by atomic mass is 9.64. The molecule has 156 valence electrons. The topological polar surface area (TPSA) is 62.3 Å². The maximum absolute atomic E-state index is 13.2. The number of benzene rings is 2. The Bertz CT molecular complexity index is 1140. The predicted octanol–water partition coefficient (Wildman–Crippen LogP) is 5.00. The number of carbonyl (C=O) groups excluding carboxylic acids is 2. The van der Waals surface area contributed by atoms with E-state index in [9.17, 15) is 9.59 Å². The van der Waals surface area contributed by atoms with Crippen LogP contribution in [0.3, 0.4) is 0 Å². The molecule has 0 saturated heterocycles. The molecule has 1 aromatic heterocycles. The van der Waals surface area contributed by atoms with Gasteiger partial charge in [-0.25, -0.2) is 0 Å². The van der Waals surface area contributed by atoms with Crippen LogP contribution in [-0.4, -0.2) is 23.3 Å². The number of halogens is 1. The van der Waals surface area contributed by atoms with Gasteiger partial charge in [-0.2, -0.15) is 0 Å². The first kappa shape index (κ1) is 19.8. The van der Waals surface area contributed by atoms with Gasteiger partial charge in [0.15, 0.2) is 0 Å². The third kappa shape index (κ3) is 3.49. The monoisotopic (exact) mass is 431 g/mol. The molecule has 5 nitrogen and oxygen atoms in total. The summed E-state index contributed by atoms with van der Waals surface area (Å²) < 4.78 is 0. The zero-order valence-corrected chi connectivity index (χ0v) is 17.7. The Labute approximate surface area is 186 Å². The normalized spacial score (nSPS) is 16.4. The molecule has 0 unspecified atom stereocenters. The van der Waals surface area contributed by atoms with E-state index in [4.69, 9.17) is 11.6 Å². The van der Waals surface area contributed by atoms with Gasteiger partial charge >= 0.3 is 0 Å². The van der Waals surface area contributed by atoms with Crippen LogP contribution >= 0.6 is 11.6 Å². The molecule has 0 radical (unpaired) electrons. The van der Waals surface area contributed by atoms with E-state index >= 15 is 0 Å². The van der Waals surface area contributed by atoms with Crippen LogP contribution in [0.4, 0.5) is 11.4 Å². The highest BCUT2D eigenvalue weighted by molar-refractivity contribution is 6.30. The number of aromatic nitrogens is 1. The fourth-order valence-corrected chi connectivity index (χ4v) is 4.66. The van der Waals surface area contributed by atoms with Crippen molar-refractivity contribution in [1.29, 1.82) is 0 Å². The molecule has 5 rings (SSSR count). The number of amides is 2. The maximum Gasteiger partial charge on any atom is 0.259 e. The first-order valence-corrected chi connectivity index (χ1v) is 10.9. The van der Waals surface area contributed by atoms with Crippen LogP contribution in [-0.2, 0) is 16.6 Å². The Morgan fingerprint density at radius 2 is 1.87 bits per heavy atom. The minimum Gasteiger partial charge on any atom is -0.325 e. The first-order chi connectivity index (χ1) is 15.1. The molecule has 1 saturated carbocycles. The van der Waals surface area contributed by atoms with Gasteiger partial charge in [-0.05, 0) is 72.9 Å². The van der Waals surface area contributed by atoms with Gasteiger partial charge in [-0.15, -0.1) is 0 Å². The number of hydrogen-bond donors (Lipinski definition) is 1. The fraction of sp³-hybridized carbons (Fsp3) is 0.240. The summed E-state index contributed by atoms with van der Waals surface area (Å²) in [5, 5.41) is 3.79. The predicted molar refractivity (Wildman–Crippen MR) is 122 cm³/mol. The van der Waals surface area contributed by atoms with Gasteiger partial charge in [0.1, 0.15) is 0 Å². The highest BCUT2D eigenvalue weighted by Crippen LogP contribution is 2.45. The summed E-state index contributed by atoms with van der Waals surface area (Å²) in [5.41, 5.74) is 3.80. The van der Waals surface area contributed by atoms with E-state index in [0.29, 0.717) is 17.1 Å².